The van der Waals surface area contributed by atoms with Crippen molar-refractivity contribution in [2.75, 3.05) is 7.11 Å². The largest absolute Gasteiger partial charge is 0.497 e. The number of ether oxygens (including phenoxy) is 2. The van der Waals surface area contributed by atoms with Crippen LogP contribution in [0.25, 0.3) is 22.1 Å². The van der Waals surface area contributed by atoms with Crippen molar-refractivity contribution in [3.63, 3.8) is 0 Å². The molecule has 1 aliphatic heterocycles. The fraction of sp³-hybridized carbons (Fsp3) is 0.115. The minimum Gasteiger partial charge on any atom is -0.497 e. The molecule has 2 aromatic heterocycles. The summed E-state index contributed by atoms with van der Waals surface area (Å²) in [5, 5.41) is 10.3. The molecule has 0 saturated heterocycles. The number of methoxy groups -OCH3 is 1. The Hall–Kier alpha value is -4.78. The lowest BCUT2D eigenvalue weighted by molar-refractivity contribution is -0.141. The van der Waals surface area contributed by atoms with Crippen LogP contribution < -0.4 is 20.8 Å². The SMILES string of the molecule is COc1ccc2c3c(c(=O)oc2c1)C(c1ccc(-c2ccc(C(F)(F)F)nc2)cc1)C(C#N)=C(N)O3. The molecule has 0 aliphatic carbocycles. The van der Waals surface area contributed by atoms with E-state index in [4.69, 9.17) is 19.6 Å². The summed E-state index contributed by atoms with van der Waals surface area (Å²) in [5.41, 5.74) is 6.38. The first-order chi connectivity index (χ1) is 17.2. The first kappa shape index (κ1) is 23.0. The Morgan fingerprint density at radius 3 is 2.42 bits per heavy atom. The van der Waals surface area contributed by atoms with Gasteiger partial charge in [0.2, 0.25) is 5.88 Å². The predicted octanol–water partition coefficient (Wildman–Crippen LogP) is 5.10. The molecule has 1 aliphatic rings. The van der Waals surface area contributed by atoms with Gasteiger partial charge in [-0.3, -0.25) is 4.98 Å². The average Bonchev–Trinajstić information content (AvgIpc) is 2.87. The minimum atomic E-state index is -4.53. The van der Waals surface area contributed by atoms with Crippen LogP contribution in [0.4, 0.5) is 13.2 Å². The number of nitrogens with two attached hydrogens (primary N) is 1. The summed E-state index contributed by atoms with van der Waals surface area (Å²) in [4.78, 5) is 16.6. The third-order valence-corrected chi connectivity index (χ3v) is 5.91. The van der Waals surface area contributed by atoms with E-state index in [0.717, 1.165) is 12.3 Å². The van der Waals surface area contributed by atoms with E-state index in [9.17, 15) is 23.2 Å². The minimum absolute atomic E-state index is 0.0339. The number of benzene rings is 2. The van der Waals surface area contributed by atoms with Gasteiger partial charge in [0.05, 0.1) is 24.0 Å². The molecule has 180 valence electrons. The number of fused-ring (bicyclic) bond motifs is 3. The van der Waals surface area contributed by atoms with E-state index in [-0.39, 0.29) is 28.4 Å². The standard InChI is InChI=1S/C26H16F3N3O4/c1-34-16-7-8-17-19(10-16)35-25(33)22-21(18(11-30)24(31)36-23(17)22)14-4-2-13(3-5-14)15-6-9-20(32-12-15)26(27,28)29/h2-10,12,21H,31H2,1H3. The fourth-order valence-electron chi connectivity index (χ4n) is 4.16. The smallest absolute Gasteiger partial charge is 0.433 e. The Kier molecular flexibility index (Phi) is 5.40. The molecule has 0 saturated carbocycles. The van der Waals surface area contributed by atoms with Crippen LogP contribution in [0.3, 0.4) is 0 Å². The van der Waals surface area contributed by atoms with E-state index in [1.165, 1.54) is 13.2 Å². The fourth-order valence-corrected chi connectivity index (χ4v) is 4.16. The van der Waals surface area contributed by atoms with E-state index >= 15 is 0 Å². The topological polar surface area (TPSA) is 111 Å². The van der Waals surface area contributed by atoms with Crippen molar-refractivity contribution >= 4 is 11.0 Å². The zero-order chi connectivity index (χ0) is 25.6. The van der Waals surface area contributed by atoms with E-state index in [0.29, 0.717) is 27.8 Å². The number of nitrogens with zero attached hydrogens (tertiary/aromatic N) is 2. The van der Waals surface area contributed by atoms with Crippen LogP contribution in [0, 0.1) is 11.3 Å². The van der Waals surface area contributed by atoms with Crippen molar-refractivity contribution < 1.29 is 27.1 Å². The summed E-state index contributed by atoms with van der Waals surface area (Å²) in [6, 6.07) is 15.8. The third kappa shape index (κ3) is 3.80. The molecule has 3 heterocycles. The number of hydrogen-bond donors (Lipinski definition) is 1. The number of halogens is 3. The molecule has 2 N–H and O–H groups in total. The van der Waals surface area contributed by atoms with Gasteiger partial charge in [0.15, 0.2) is 5.75 Å². The monoisotopic (exact) mass is 491 g/mol. The Balaban J connectivity index is 1.61. The van der Waals surface area contributed by atoms with Crippen LogP contribution in [-0.4, -0.2) is 12.1 Å². The quantitative estimate of drug-likeness (QED) is 0.397. The second kappa shape index (κ2) is 8.46. The number of aromatic nitrogens is 1. The number of rotatable bonds is 3. The van der Waals surface area contributed by atoms with Gasteiger partial charge in [-0.1, -0.05) is 30.3 Å². The molecule has 0 radical (unpaired) electrons. The highest BCUT2D eigenvalue weighted by Gasteiger charge is 2.36. The molecule has 36 heavy (non-hydrogen) atoms. The summed E-state index contributed by atoms with van der Waals surface area (Å²) < 4.78 is 54.9. The second-order valence-electron chi connectivity index (χ2n) is 7.97. The van der Waals surface area contributed by atoms with Gasteiger partial charge in [0.25, 0.3) is 0 Å². The summed E-state index contributed by atoms with van der Waals surface area (Å²) in [6.07, 6.45) is -3.40. The second-order valence-corrected chi connectivity index (χ2v) is 7.97. The van der Waals surface area contributed by atoms with Crippen molar-refractivity contribution in [1.82, 2.24) is 4.98 Å². The van der Waals surface area contributed by atoms with Gasteiger partial charge in [-0.15, -0.1) is 0 Å². The number of pyridine rings is 1. The van der Waals surface area contributed by atoms with Crippen molar-refractivity contribution in [1.29, 1.82) is 5.26 Å². The molecule has 1 unspecified atom stereocenters. The van der Waals surface area contributed by atoms with Gasteiger partial charge >= 0.3 is 11.8 Å². The normalized spacial score (nSPS) is 15.2. The lowest BCUT2D eigenvalue weighted by atomic mass is 9.83. The number of nitriles is 1. The number of allylic oxidation sites excluding steroid dienone is 1. The molecule has 10 heteroatoms. The molecule has 4 aromatic rings. The Bertz CT molecular complexity index is 1620. The van der Waals surface area contributed by atoms with Crippen LogP contribution in [0.1, 0.15) is 22.7 Å². The maximum absolute atomic E-state index is 13.1. The molecule has 5 rings (SSSR count). The Morgan fingerprint density at radius 1 is 1.08 bits per heavy atom. The molecule has 0 amide bonds. The highest BCUT2D eigenvalue weighted by molar-refractivity contribution is 5.87. The van der Waals surface area contributed by atoms with E-state index < -0.39 is 23.4 Å². The predicted molar refractivity (Wildman–Crippen MR) is 123 cm³/mol. The van der Waals surface area contributed by atoms with Crippen molar-refractivity contribution in [3.05, 3.63) is 99.5 Å². The highest BCUT2D eigenvalue weighted by Crippen LogP contribution is 2.44. The molecule has 7 nitrogen and oxygen atoms in total. The van der Waals surface area contributed by atoms with Crippen molar-refractivity contribution in [2.24, 2.45) is 5.73 Å². The molecule has 0 bridgehead atoms. The van der Waals surface area contributed by atoms with Gasteiger partial charge in [0, 0.05) is 17.8 Å². The summed E-state index contributed by atoms with van der Waals surface area (Å²) in [6.45, 7) is 0. The summed E-state index contributed by atoms with van der Waals surface area (Å²) in [5.74, 6) is -0.357. The van der Waals surface area contributed by atoms with Crippen LogP contribution >= 0.6 is 0 Å². The first-order valence-corrected chi connectivity index (χ1v) is 10.6. The van der Waals surface area contributed by atoms with Crippen LogP contribution in [0.15, 0.2) is 81.5 Å². The van der Waals surface area contributed by atoms with Gasteiger partial charge in [-0.05, 0) is 29.3 Å². The average molecular weight is 491 g/mol. The lowest BCUT2D eigenvalue weighted by Gasteiger charge is -2.26. The maximum atomic E-state index is 13.1. The van der Waals surface area contributed by atoms with Gasteiger partial charge in [-0.2, -0.15) is 18.4 Å². The summed E-state index contributed by atoms with van der Waals surface area (Å²) in [7, 11) is 1.48. The zero-order valence-corrected chi connectivity index (χ0v) is 18.6. The highest BCUT2D eigenvalue weighted by atomic mass is 19.4. The summed E-state index contributed by atoms with van der Waals surface area (Å²) >= 11 is 0. The van der Waals surface area contributed by atoms with Gasteiger partial charge in [0.1, 0.15) is 28.7 Å². The van der Waals surface area contributed by atoms with E-state index in [2.05, 4.69) is 4.98 Å². The zero-order valence-electron chi connectivity index (χ0n) is 18.6. The number of alkyl halides is 3. The molecule has 0 spiro atoms. The molecule has 0 fully saturated rings. The van der Waals surface area contributed by atoms with Gasteiger partial charge < -0.3 is 19.6 Å². The van der Waals surface area contributed by atoms with Crippen LogP contribution in [0.2, 0.25) is 0 Å². The Morgan fingerprint density at radius 2 is 1.81 bits per heavy atom. The van der Waals surface area contributed by atoms with Crippen molar-refractivity contribution in [2.45, 2.75) is 12.1 Å². The molecule has 1 atom stereocenters. The van der Waals surface area contributed by atoms with Crippen LogP contribution in [-0.2, 0) is 6.18 Å². The van der Waals surface area contributed by atoms with Crippen LogP contribution in [0.5, 0.6) is 11.5 Å². The molecular weight excluding hydrogens is 475 g/mol. The van der Waals surface area contributed by atoms with E-state index in [1.54, 1.807) is 42.5 Å². The Labute approximate surface area is 201 Å². The first-order valence-electron chi connectivity index (χ1n) is 10.6. The lowest BCUT2D eigenvalue weighted by Crippen LogP contribution is -2.26. The molecule has 2 aromatic carbocycles. The maximum Gasteiger partial charge on any atom is 0.433 e. The van der Waals surface area contributed by atoms with E-state index in [1.807, 2.05) is 6.07 Å². The third-order valence-electron chi connectivity index (χ3n) is 5.91. The van der Waals surface area contributed by atoms with Crippen molar-refractivity contribution in [3.8, 4) is 28.7 Å². The molecular formula is C26H16F3N3O4. The van der Waals surface area contributed by atoms with Gasteiger partial charge in [-0.25, -0.2) is 4.79 Å². The number of hydrogen-bond acceptors (Lipinski definition) is 7.